The highest BCUT2D eigenvalue weighted by Gasteiger charge is 2.25. The topological polar surface area (TPSA) is 55.3 Å². The number of ether oxygens (including phenoxy) is 1. The molecule has 1 aliphatic rings. The van der Waals surface area contributed by atoms with Crippen molar-refractivity contribution in [3.63, 3.8) is 0 Å². The van der Waals surface area contributed by atoms with Crippen LogP contribution in [0.3, 0.4) is 0 Å². The zero-order valence-electron chi connectivity index (χ0n) is 13.8. The molecule has 0 N–H and O–H groups in total. The highest BCUT2D eigenvalue weighted by molar-refractivity contribution is 5.92. The van der Waals surface area contributed by atoms with Crippen molar-refractivity contribution in [3.05, 3.63) is 66.6 Å². The number of carbonyl (C=O) groups is 1. The van der Waals surface area contributed by atoms with Crippen LogP contribution in [0.15, 0.2) is 60.9 Å². The quantitative estimate of drug-likeness (QED) is 0.738. The number of carbonyl (C=O) groups excluding carboxylic acids is 1. The summed E-state index contributed by atoms with van der Waals surface area (Å²) in [4.78, 5) is 22.9. The predicted octanol–water partition coefficient (Wildman–Crippen LogP) is 3.31. The fraction of sp³-hybridized carbons (Fsp3) is 0.250. The van der Waals surface area contributed by atoms with Crippen LogP contribution in [0.1, 0.15) is 23.3 Å². The molecule has 25 heavy (non-hydrogen) atoms. The summed E-state index contributed by atoms with van der Waals surface area (Å²) >= 11 is 0. The number of aromatic nitrogens is 2. The number of likely N-dealkylation sites (tertiary alicyclic amines) is 1. The van der Waals surface area contributed by atoms with Crippen LogP contribution in [0.2, 0.25) is 0 Å². The van der Waals surface area contributed by atoms with Crippen molar-refractivity contribution in [2.45, 2.75) is 18.9 Å². The predicted molar refractivity (Wildman–Crippen MR) is 95.5 cm³/mol. The third-order valence-corrected chi connectivity index (χ3v) is 4.50. The normalized spacial score (nSPS) is 15.3. The van der Waals surface area contributed by atoms with Gasteiger partial charge in [-0.1, -0.05) is 24.3 Å². The number of rotatable bonds is 3. The number of nitrogens with zero attached hydrogens (tertiary/aromatic N) is 3. The maximum absolute atomic E-state index is 12.5. The van der Waals surface area contributed by atoms with Gasteiger partial charge >= 0.3 is 0 Å². The Kier molecular flexibility index (Phi) is 4.29. The third-order valence-electron chi connectivity index (χ3n) is 4.50. The Morgan fingerprint density at radius 3 is 2.56 bits per heavy atom. The molecule has 4 rings (SSSR count). The molecule has 1 aliphatic heterocycles. The Labute approximate surface area is 146 Å². The molecule has 3 heterocycles. The second-order valence-electron chi connectivity index (χ2n) is 6.16. The molecule has 5 nitrogen and oxygen atoms in total. The van der Waals surface area contributed by atoms with E-state index in [0.717, 1.165) is 29.5 Å². The highest BCUT2D eigenvalue weighted by atomic mass is 16.5. The third kappa shape index (κ3) is 3.31. The molecule has 0 radical (unpaired) electrons. The second kappa shape index (κ2) is 6.89. The van der Waals surface area contributed by atoms with Crippen molar-refractivity contribution >= 4 is 16.8 Å². The van der Waals surface area contributed by atoms with Gasteiger partial charge in [-0.2, -0.15) is 0 Å². The lowest BCUT2D eigenvalue weighted by Gasteiger charge is -2.32. The lowest BCUT2D eigenvalue weighted by molar-refractivity contribution is 0.0592. The van der Waals surface area contributed by atoms with Crippen molar-refractivity contribution < 1.29 is 9.53 Å². The van der Waals surface area contributed by atoms with Gasteiger partial charge < -0.3 is 9.64 Å². The summed E-state index contributed by atoms with van der Waals surface area (Å²) in [6, 6.07) is 15.3. The summed E-state index contributed by atoms with van der Waals surface area (Å²) in [5.74, 6) is 0.804. The zero-order valence-corrected chi connectivity index (χ0v) is 13.8. The molecule has 0 aliphatic carbocycles. The summed E-state index contributed by atoms with van der Waals surface area (Å²) in [5.41, 5.74) is 1.39. The molecule has 0 unspecified atom stereocenters. The van der Waals surface area contributed by atoms with E-state index in [0.29, 0.717) is 18.8 Å². The van der Waals surface area contributed by atoms with Crippen LogP contribution in [-0.2, 0) is 0 Å². The van der Waals surface area contributed by atoms with Gasteiger partial charge in [0, 0.05) is 43.7 Å². The lowest BCUT2D eigenvalue weighted by atomic mass is 10.1. The van der Waals surface area contributed by atoms with Crippen molar-refractivity contribution in [1.29, 1.82) is 0 Å². The average molecular weight is 333 g/mol. The van der Waals surface area contributed by atoms with Gasteiger partial charge in [0.15, 0.2) is 0 Å². The maximum atomic E-state index is 12.5. The summed E-state index contributed by atoms with van der Waals surface area (Å²) < 4.78 is 6.19. The van der Waals surface area contributed by atoms with Crippen LogP contribution in [0.25, 0.3) is 10.9 Å². The van der Waals surface area contributed by atoms with E-state index in [1.807, 2.05) is 47.4 Å². The molecule has 1 amide bonds. The standard InChI is InChI=1S/C20H19N3O2/c24-20(17-7-1-2-11-21-17)23-13-9-16(10-14-23)25-18-8-3-5-15-6-4-12-22-19(15)18/h1-8,11-12,16H,9-10,13-14H2. The fourth-order valence-corrected chi connectivity index (χ4v) is 3.18. The maximum Gasteiger partial charge on any atom is 0.272 e. The van der Waals surface area contributed by atoms with E-state index in [-0.39, 0.29) is 12.0 Å². The number of piperidine rings is 1. The Hall–Kier alpha value is -2.95. The Morgan fingerprint density at radius 2 is 1.76 bits per heavy atom. The van der Waals surface area contributed by atoms with Crippen LogP contribution in [0.4, 0.5) is 0 Å². The van der Waals surface area contributed by atoms with E-state index >= 15 is 0 Å². The molecule has 126 valence electrons. The molecule has 0 spiro atoms. The highest BCUT2D eigenvalue weighted by Crippen LogP contribution is 2.26. The molecule has 5 heteroatoms. The Morgan fingerprint density at radius 1 is 0.960 bits per heavy atom. The lowest BCUT2D eigenvalue weighted by Crippen LogP contribution is -2.42. The van der Waals surface area contributed by atoms with Crippen LogP contribution < -0.4 is 4.74 Å². The first-order valence-corrected chi connectivity index (χ1v) is 8.52. The molecule has 3 aromatic rings. The molecule has 2 aromatic heterocycles. The smallest absolute Gasteiger partial charge is 0.272 e. The van der Waals surface area contributed by atoms with Crippen LogP contribution in [0, 0.1) is 0 Å². The van der Waals surface area contributed by atoms with E-state index in [9.17, 15) is 4.79 Å². The molecule has 0 saturated carbocycles. The largest absolute Gasteiger partial charge is 0.488 e. The van der Waals surface area contributed by atoms with Gasteiger partial charge in [0.25, 0.3) is 5.91 Å². The Balaban J connectivity index is 1.41. The molecule has 1 fully saturated rings. The Bertz CT molecular complexity index is 869. The first kappa shape index (κ1) is 15.6. The van der Waals surface area contributed by atoms with Crippen molar-refractivity contribution in [1.82, 2.24) is 14.9 Å². The van der Waals surface area contributed by atoms with Gasteiger partial charge in [-0.25, -0.2) is 0 Å². The number of amides is 1. The number of benzene rings is 1. The number of para-hydroxylation sites is 1. The monoisotopic (exact) mass is 333 g/mol. The van der Waals surface area contributed by atoms with Gasteiger partial charge in [0.2, 0.25) is 0 Å². The van der Waals surface area contributed by atoms with Crippen LogP contribution in [-0.4, -0.2) is 40.0 Å². The molecular formula is C20H19N3O2. The van der Waals surface area contributed by atoms with Crippen molar-refractivity contribution in [2.75, 3.05) is 13.1 Å². The van der Waals surface area contributed by atoms with Crippen molar-refractivity contribution in [2.24, 2.45) is 0 Å². The van der Waals surface area contributed by atoms with Gasteiger partial charge in [-0.05, 0) is 24.3 Å². The summed E-state index contributed by atoms with van der Waals surface area (Å²) in [5, 5.41) is 1.07. The van der Waals surface area contributed by atoms with Gasteiger partial charge in [0.1, 0.15) is 23.1 Å². The number of fused-ring (bicyclic) bond motifs is 1. The molecular weight excluding hydrogens is 314 g/mol. The number of pyridine rings is 2. The van der Waals surface area contributed by atoms with Crippen LogP contribution >= 0.6 is 0 Å². The van der Waals surface area contributed by atoms with E-state index in [2.05, 4.69) is 9.97 Å². The van der Waals surface area contributed by atoms with Gasteiger partial charge in [-0.3, -0.25) is 14.8 Å². The summed E-state index contributed by atoms with van der Waals surface area (Å²) in [6.07, 6.45) is 5.14. The fourth-order valence-electron chi connectivity index (χ4n) is 3.18. The minimum atomic E-state index is -0.00845. The molecule has 0 atom stereocenters. The van der Waals surface area contributed by atoms with Gasteiger partial charge in [-0.15, -0.1) is 0 Å². The van der Waals surface area contributed by atoms with Gasteiger partial charge in [0.05, 0.1) is 0 Å². The molecule has 0 bridgehead atoms. The minimum Gasteiger partial charge on any atom is -0.488 e. The zero-order chi connectivity index (χ0) is 17.1. The van der Waals surface area contributed by atoms with E-state index in [4.69, 9.17) is 4.74 Å². The first-order chi connectivity index (χ1) is 12.3. The van der Waals surface area contributed by atoms with E-state index in [1.165, 1.54) is 0 Å². The summed E-state index contributed by atoms with van der Waals surface area (Å²) in [7, 11) is 0. The molecule has 1 aromatic carbocycles. The van der Waals surface area contributed by atoms with Crippen LogP contribution in [0.5, 0.6) is 5.75 Å². The number of hydrogen-bond donors (Lipinski definition) is 0. The first-order valence-electron chi connectivity index (χ1n) is 8.52. The van der Waals surface area contributed by atoms with Crippen molar-refractivity contribution in [3.8, 4) is 5.75 Å². The second-order valence-corrected chi connectivity index (χ2v) is 6.16. The molecule has 1 saturated heterocycles. The number of hydrogen-bond acceptors (Lipinski definition) is 4. The average Bonchev–Trinajstić information content (AvgIpc) is 2.69. The van der Waals surface area contributed by atoms with E-state index < -0.39 is 0 Å². The van der Waals surface area contributed by atoms with E-state index in [1.54, 1.807) is 18.5 Å². The minimum absolute atomic E-state index is 0.00845. The summed E-state index contributed by atoms with van der Waals surface area (Å²) in [6.45, 7) is 1.36. The SMILES string of the molecule is O=C(c1ccccn1)N1CCC(Oc2cccc3cccnc23)CC1.